The van der Waals surface area contributed by atoms with Gasteiger partial charge in [-0.1, -0.05) is 38.3 Å². The highest BCUT2D eigenvalue weighted by Crippen LogP contribution is 2.45. The lowest BCUT2D eigenvalue weighted by Gasteiger charge is -2.31. The average molecular weight is 405 g/mol. The van der Waals surface area contributed by atoms with E-state index in [1.165, 1.54) is 32.1 Å². The van der Waals surface area contributed by atoms with Crippen molar-refractivity contribution in [1.29, 1.82) is 1.28 Å². The van der Waals surface area contributed by atoms with E-state index in [2.05, 4.69) is 28.5 Å². The third-order valence-corrected chi connectivity index (χ3v) is 7.29. The molecular formula is C21H40O3P2. The topological polar surface area (TPSA) is 27.7 Å². The molecular weight excluding hydrogens is 362 g/mol. The van der Waals surface area contributed by atoms with Crippen molar-refractivity contribution in [1.82, 2.24) is 0 Å². The van der Waals surface area contributed by atoms with Crippen LogP contribution in [0.4, 0.5) is 0 Å². The zero-order chi connectivity index (χ0) is 19.5. The van der Waals surface area contributed by atoms with Crippen LogP contribution < -0.4 is 0 Å². The highest BCUT2D eigenvalue weighted by molar-refractivity contribution is 7.10. The fourth-order valence-corrected chi connectivity index (χ4v) is 5.77. The van der Waals surface area contributed by atoms with Crippen molar-refractivity contribution in [3.63, 3.8) is 0 Å². The van der Waals surface area contributed by atoms with Gasteiger partial charge in [-0.2, -0.15) is 0 Å². The minimum atomic E-state index is -0.160. The largest absolute Gasteiger partial charge is 0.378 e. The van der Waals surface area contributed by atoms with Crippen molar-refractivity contribution >= 4 is 18.9 Å². The van der Waals surface area contributed by atoms with Crippen molar-refractivity contribution in [3.05, 3.63) is 12.2 Å². The summed E-state index contributed by atoms with van der Waals surface area (Å²) in [6.45, 7) is 5.87. The molecule has 7 atom stereocenters. The molecule has 5 heteroatoms. The molecule has 0 heterocycles. The van der Waals surface area contributed by atoms with E-state index in [4.69, 9.17) is 15.1 Å². The maximum Gasteiger partial charge on any atom is 0.0851 e. The lowest BCUT2D eigenvalue weighted by atomic mass is 9.80. The third kappa shape index (κ3) is 6.82. The van der Waals surface area contributed by atoms with E-state index in [1.54, 1.807) is 0 Å². The van der Waals surface area contributed by atoms with Crippen LogP contribution in [-0.4, -0.2) is 26.7 Å². The number of allylic oxidation sites excluding steroid dienone is 1. The predicted molar refractivity (Wildman–Crippen MR) is 116 cm³/mol. The van der Waals surface area contributed by atoms with Gasteiger partial charge in [0.2, 0.25) is 0 Å². The van der Waals surface area contributed by atoms with Gasteiger partial charge < -0.3 is 13.8 Å². The Labute approximate surface area is 167 Å². The zero-order valence-electron chi connectivity index (χ0n) is 17.7. The molecule has 0 bridgehead atoms. The average Bonchev–Trinajstić information content (AvgIpc) is 2.98. The number of hydrogen-bond acceptors (Lipinski definition) is 3. The molecule has 2 unspecified atom stereocenters. The molecule has 0 N–H and O–H groups in total. The molecule has 0 aliphatic heterocycles. The van der Waals surface area contributed by atoms with E-state index in [-0.39, 0.29) is 15.5 Å². The Hall–Kier alpha value is 0.480. The van der Waals surface area contributed by atoms with Gasteiger partial charge in [0.1, 0.15) is 0 Å². The second kappa shape index (κ2) is 12.8. The van der Waals surface area contributed by atoms with Crippen LogP contribution in [0, 0.1) is 23.7 Å². The monoisotopic (exact) mass is 404 g/mol. The Bertz CT molecular complexity index is 418. The van der Waals surface area contributed by atoms with Crippen LogP contribution in [0.25, 0.3) is 0 Å². The first kappa shape index (κ1) is 21.2. The smallest absolute Gasteiger partial charge is 0.0851 e. The molecule has 26 heavy (non-hydrogen) atoms. The summed E-state index contributed by atoms with van der Waals surface area (Å²) in [6, 6.07) is 0. The van der Waals surface area contributed by atoms with Crippen molar-refractivity contribution in [2.24, 2.45) is 23.7 Å². The van der Waals surface area contributed by atoms with E-state index < -0.39 is 0 Å². The van der Waals surface area contributed by atoms with Gasteiger partial charge in [-0.25, -0.2) is 0 Å². The minimum absolute atomic E-state index is 0.160. The molecule has 0 amide bonds. The van der Waals surface area contributed by atoms with Gasteiger partial charge >= 0.3 is 0 Å². The predicted octanol–water partition coefficient (Wildman–Crippen LogP) is 5.95. The molecule has 2 aliphatic rings. The van der Waals surface area contributed by atoms with Crippen LogP contribution in [0.2, 0.25) is 0 Å². The van der Waals surface area contributed by atoms with Gasteiger partial charge in [-0.05, 0) is 69.1 Å². The van der Waals surface area contributed by atoms with E-state index in [0.717, 1.165) is 38.2 Å². The van der Waals surface area contributed by atoms with Crippen molar-refractivity contribution < 1.29 is 13.8 Å². The SMILES string of the molecule is [3H]PO[C@@H]1C[C@H](C)[C@H](C/C=C\COCC)[C@H]1CC[C@@H](OP)C1CCCCC1. The summed E-state index contributed by atoms with van der Waals surface area (Å²) >= 11 is 0. The fraction of sp³-hybridized carbons (Fsp3) is 0.905. The molecule has 0 radical (unpaired) electrons. The van der Waals surface area contributed by atoms with E-state index in [0.29, 0.717) is 30.5 Å². The quantitative estimate of drug-likeness (QED) is 0.228. The van der Waals surface area contributed by atoms with E-state index in [9.17, 15) is 0 Å². The highest BCUT2D eigenvalue weighted by Gasteiger charge is 2.40. The summed E-state index contributed by atoms with van der Waals surface area (Å²) in [4.78, 5) is 0. The number of ether oxygens (including phenoxy) is 1. The number of hydrogen-bond donors (Lipinski definition) is 0. The molecule has 2 fully saturated rings. The van der Waals surface area contributed by atoms with Crippen LogP contribution >= 0.6 is 18.9 Å². The Morgan fingerprint density at radius 2 is 2.00 bits per heavy atom. The molecule has 2 saturated carbocycles. The van der Waals surface area contributed by atoms with Gasteiger partial charge in [-0.15, -0.1) is 0 Å². The first-order chi connectivity index (χ1) is 13.2. The summed E-state index contributed by atoms with van der Waals surface area (Å²) in [5.74, 6) is 2.55. The van der Waals surface area contributed by atoms with Crippen LogP contribution in [-0.2, 0) is 13.8 Å². The second-order valence-electron chi connectivity index (χ2n) is 8.21. The molecule has 2 aliphatic carbocycles. The zero-order valence-corrected chi connectivity index (χ0v) is 18.9. The normalized spacial score (nSPS) is 32.7. The van der Waals surface area contributed by atoms with Gasteiger partial charge in [0.25, 0.3) is 0 Å². The Morgan fingerprint density at radius 3 is 2.69 bits per heavy atom. The van der Waals surface area contributed by atoms with Gasteiger partial charge in [-0.3, -0.25) is 0 Å². The molecule has 0 aromatic carbocycles. The maximum absolute atomic E-state index is 7.56. The minimum Gasteiger partial charge on any atom is -0.378 e. The molecule has 152 valence electrons. The van der Waals surface area contributed by atoms with Gasteiger partial charge in [0.05, 0.1) is 20.1 Å². The molecule has 0 saturated heterocycles. The van der Waals surface area contributed by atoms with E-state index >= 15 is 0 Å². The first-order valence-electron chi connectivity index (χ1n) is 11.1. The highest BCUT2D eigenvalue weighted by atomic mass is 31.0. The van der Waals surface area contributed by atoms with Crippen molar-refractivity contribution in [2.75, 3.05) is 13.2 Å². The van der Waals surface area contributed by atoms with Crippen molar-refractivity contribution in [2.45, 2.75) is 83.8 Å². The summed E-state index contributed by atoms with van der Waals surface area (Å²) in [6.07, 6.45) is 16.2. The first-order valence-corrected chi connectivity index (χ1v) is 11.5. The third-order valence-electron chi connectivity index (χ3n) is 6.64. The van der Waals surface area contributed by atoms with E-state index in [1.807, 2.05) is 6.92 Å². The summed E-state index contributed by atoms with van der Waals surface area (Å²) in [7, 11) is 2.36. The summed E-state index contributed by atoms with van der Waals surface area (Å²) < 4.78 is 24.7. The molecule has 0 aromatic heterocycles. The maximum atomic E-state index is 7.56. The standard InChI is InChI=1S/C21H40O3P2/c1-3-22-14-8-7-11-18-16(2)15-21(24-26)19(18)12-13-20(23-25)17-9-5-4-6-10-17/h7-8,16-21H,3-6,9-15,25-26H2,1-2H3/b8-7-/t16-,18-,19+,20+,21+/m0/s1/i26T/t16-,18-,19+,20+,21+,26?. The molecule has 2 rings (SSSR count). The van der Waals surface area contributed by atoms with Gasteiger partial charge in [0, 0.05) is 25.5 Å². The van der Waals surface area contributed by atoms with Crippen LogP contribution in [0.15, 0.2) is 12.2 Å². The Morgan fingerprint density at radius 1 is 1.19 bits per heavy atom. The van der Waals surface area contributed by atoms with Crippen LogP contribution in [0.3, 0.4) is 0 Å². The van der Waals surface area contributed by atoms with Crippen LogP contribution in [0.5, 0.6) is 0 Å². The summed E-state index contributed by atoms with van der Waals surface area (Å²) in [5.41, 5.74) is 0. The lowest BCUT2D eigenvalue weighted by molar-refractivity contribution is 0.0933. The van der Waals surface area contributed by atoms with Gasteiger partial charge in [0.15, 0.2) is 0 Å². The Balaban J connectivity index is 1.93. The molecule has 0 aromatic rings. The van der Waals surface area contributed by atoms with Crippen LogP contribution in [0.1, 0.15) is 71.6 Å². The fourth-order valence-electron chi connectivity index (χ4n) is 5.14. The lowest BCUT2D eigenvalue weighted by Crippen LogP contribution is -2.27. The summed E-state index contributed by atoms with van der Waals surface area (Å²) in [5, 5.41) is 0. The van der Waals surface area contributed by atoms with Crippen molar-refractivity contribution in [3.8, 4) is 0 Å². The number of rotatable bonds is 12. The Kier molecular flexibility index (Phi) is 10.5. The molecule has 3 nitrogen and oxygen atoms in total. The molecule has 0 spiro atoms. The second-order valence-corrected chi connectivity index (χ2v) is 8.72.